The number of β-lactam (4-membered cyclic amide) rings is 1. The van der Waals surface area contributed by atoms with Crippen molar-refractivity contribution in [3.8, 4) is 0 Å². The van der Waals surface area contributed by atoms with Gasteiger partial charge in [-0.15, -0.1) is 11.8 Å². The van der Waals surface area contributed by atoms with E-state index in [0.717, 1.165) is 0 Å². The number of nitrogens with two attached hydrogens (primary N) is 2. The number of hydrogen-bond acceptors (Lipinski definition) is 10. The molecule has 21 heavy (non-hydrogen) atoms. The largest absolute Gasteiger partial charge is 0.477 e. The maximum absolute atomic E-state index is 11.8. The Kier molecular flexibility index (Phi) is 3.69. The van der Waals surface area contributed by atoms with Crippen LogP contribution in [0.1, 0.15) is 0 Å². The highest BCUT2D eigenvalue weighted by Crippen LogP contribution is 2.40. The van der Waals surface area contributed by atoms with Crippen molar-refractivity contribution in [1.29, 1.82) is 0 Å². The van der Waals surface area contributed by atoms with Gasteiger partial charge in [-0.05, 0) is 28.0 Å². The third-order valence-corrected chi connectivity index (χ3v) is 5.52. The average molecular weight is 331 g/mol. The molecule has 0 aromatic heterocycles. The molecule has 1 amide bonds. The Morgan fingerprint density at radius 2 is 2.29 bits per heavy atom. The molecule has 0 aromatic rings. The van der Waals surface area contributed by atoms with Crippen molar-refractivity contribution >= 4 is 35.6 Å². The van der Waals surface area contributed by atoms with Crippen LogP contribution in [0.15, 0.2) is 21.7 Å². The van der Waals surface area contributed by atoms with E-state index in [1.54, 1.807) is 4.41 Å². The minimum Gasteiger partial charge on any atom is -0.477 e. The Balaban J connectivity index is 1.74. The summed E-state index contributed by atoms with van der Waals surface area (Å²) in [6.45, 7) is 0.323. The maximum Gasteiger partial charge on any atom is 0.352 e. The van der Waals surface area contributed by atoms with Crippen molar-refractivity contribution in [2.45, 2.75) is 11.4 Å². The number of carboxylic acid groups (broad SMARTS) is 1. The molecule has 0 aliphatic carbocycles. The number of hydrazine groups is 1. The van der Waals surface area contributed by atoms with E-state index in [2.05, 4.69) is 10.4 Å². The molecule has 3 heterocycles. The summed E-state index contributed by atoms with van der Waals surface area (Å²) in [5.41, 5.74) is 6.39. The molecule has 0 spiro atoms. The van der Waals surface area contributed by atoms with Crippen LogP contribution in [0.3, 0.4) is 0 Å². The molecule has 1 fully saturated rings. The van der Waals surface area contributed by atoms with E-state index in [1.807, 2.05) is 0 Å². The molecule has 0 unspecified atom stereocenters. The van der Waals surface area contributed by atoms with E-state index in [0.29, 0.717) is 23.7 Å². The summed E-state index contributed by atoms with van der Waals surface area (Å²) in [5, 5.41) is 17.7. The Labute approximate surface area is 128 Å². The first-order valence-corrected chi connectivity index (χ1v) is 7.98. The lowest BCUT2D eigenvalue weighted by molar-refractivity contribution is -0.147. The molecule has 0 radical (unpaired) electrons. The Morgan fingerprint density at radius 3 is 2.90 bits per heavy atom. The number of aliphatic carboxylic acids is 1. The maximum atomic E-state index is 11.8. The van der Waals surface area contributed by atoms with Crippen LogP contribution >= 0.6 is 23.7 Å². The van der Waals surface area contributed by atoms with Crippen LogP contribution in [0.5, 0.6) is 0 Å². The van der Waals surface area contributed by atoms with Crippen molar-refractivity contribution in [2.24, 2.45) is 22.0 Å². The van der Waals surface area contributed by atoms with Gasteiger partial charge in [0.15, 0.2) is 6.67 Å². The molecular weight excluding hydrogens is 318 g/mol. The second kappa shape index (κ2) is 5.36. The Hall–Kier alpha value is -1.50. The number of hydrogen-bond donors (Lipinski definition) is 3. The van der Waals surface area contributed by atoms with E-state index < -0.39 is 12.0 Å². The normalized spacial score (nSPS) is 28.1. The lowest BCUT2D eigenvalue weighted by Crippen LogP contribution is -2.68. The fourth-order valence-corrected chi connectivity index (χ4v) is 4.44. The molecule has 3 rings (SSSR count). The molecule has 3 aliphatic rings. The molecule has 10 nitrogen and oxygen atoms in total. The third kappa shape index (κ3) is 2.43. The van der Waals surface area contributed by atoms with E-state index in [4.69, 9.17) is 11.6 Å². The molecule has 1 saturated heterocycles. The van der Waals surface area contributed by atoms with Crippen molar-refractivity contribution in [2.75, 3.05) is 18.2 Å². The summed E-state index contributed by atoms with van der Waals surface area (Å²) in [6, 6.07) is -0.614. The Morgan fingerprint density at radius 1 is 1.52 bits per heavy atom. The third-order valence-electron chi connectivity index (χ3n) is 3.20. The molecule has 0 saturated carbocycles. The van der Waals surface area contributed by atoms with Crippen LogP contribution in [-0.2, 0) is 9.59 Å². The van der Waals surface area contributed by atoms with Gasteiger partial charge in [-0.3, -0.25) is 9.69 Å². The molecule has 0 aromatic carbocycles. The van der Waals surface area contributed by atoms with Crippen molar-refractivity contribution in [1.82, 2.24) is 14.4 Å². The number of nitrogens with zero attached hydrogens (tertiary/aromatic N) is 5. The van der Waals surface area contributed by atoms with E-state index in [-0.39, 0.29) is 17.0 Å². The van der Waals surface area contributed by atoms with Gasteiger partial charge in [0, 0.05) is 11.5 Å². The molecule has 114 valence electrons. The molecule has 0 bridgehead atoms. The zero-order chi connectivity index (χ0) is 15.1. The summed E-state index contributed by atoms with van der Waals surface area (Å²) in [6.07, 6.45) is 0. The lowest BCUT2D eigenvalue weighted by atomic mass is 10.0. The highest BCUT2D eigenvalue weighted by atomic mass is 32.2. The lowest BCUT2D eigenvalue weighted by Gasteiger charge is -2.48. The van der Waals surface area contributed by atoms with Crippen LogP contribution < -0.4 is 11.6 Å². The van der Waals surface area contributed by atoms with Gasteiger partial charge < -0.3 is 10.8 Å². The molecular formula is C9H13N7O3S2. The van der Waals surface area contributed by atoms with Crippen molar-refractivity contribution in [3.05, 3.63) is 11.3 Å². The zero-order valence-electron chi connectivity index (χ0n) is 10.7. The molecule has 3 aliphatic heterocycles. The van der Waals surface area contributed by atoms with Crippen molar-refractivity contribution < 1.29 is 14.7 Å². The van der Waals surface area contributed by atoms with Crippen LogP contribution in [-0.4, -0.2) is 61.0 Å². The van der Waals surface area contributed by atoms with Crippen LogP contribution in [0.2, 0.25) is 0 Å². The SMILES string of the molecule is N[C@@H]1C(=O)N2C(C(=O)O)=C(CSN3CN(N)N=N3)CS[C@@H]12. The van der Waals surface area contributed by atoms with Crippen molar-refractivity contribution in [3.63, 3.8) is 0 Å². The monoisotopic (exact) mass is 331 g/mol. The first-order valence-electron chi connectivity index (χ1n) is 5.99. The minimum absolute atomic E-state index is 0.0405. The van der Waals surface area contributed by atoms with Gasteiger partial charge in [0.1, 0.15) is 17.1 Å². The molecule has 12 heteroatoms. The predicted molar refractivity (Wildman–Crippen MR) is 75.8 cm³/mol. The summed E-state index contributed by atoms with van der Waals surface area (Å²) in [4.78, 5) is 24.5. The van der Waals surface area contributed by atoms with Gasteiger partial charge in [-0.25, -0.2) is 10.6 Å². The number of rotatable bonds is 4. The average Bonchev–Trinajstić information content (AvgIpc) is 2.88. The van der Waals surface area contributed by atoms with Gasteiger partial charge in [-0.2, -0.15) is 9.53 Å². The first kappa shape index (κ1) is 14.4. The smallest absolute Gasteiger partial charge is 0.352 e. The summed E-state index contributed by atoms with van der Waals surface area (Å²) in [7, 11) is 0. The van der Waals surface area contributed by atoms with E-state index >= 15 is 0 Å². The highest BCUT2D eigenvalue weighted by Gasteiger charge is 2.51. The van der Waals surface area contributed by atoms with Crippen LogP contribution in [0.4, 0.5) is 0 Å². The fraction of sp³-hybridized carbons (Fsp3) is 0.556. The van der Waals surface area contributed by atoms with Crippen LogP contribution in [0, 0.1) is 0 Å². The van der Waals surface area contributed by atoms with Crippen LogP contribution in [0.25, 0.3) is 0 Å². The number of carbonyl (C=O) groups is 2. The molecule has 2 atom stereocenters. The molecule has 5 N–H and O–H groups in total. The minimum atomic E-state index is -1.11. The van der Waals surface area contributed by atoms with E-state index in [1.165, 1.54) is 33.7 Å². The van der Waals surface area contributed by atoms with Gasteiger partial charge in [0.25, 0.3) is 0 Å². The van der Waals surface area contributed by atoms with Gasteiger partial charge in [0.05, 0.1) is 0 Å². The number of thioether (sulfide) groups is 1. The fourth-order valence-electron chi connectivity index (χ4n) is 2.19. The number of carboxylic acids is 1. The first-order chi connectivity index (χ1) is 9.99. The topological polar surface area (TPSA) is 141 Å². The second-order valence-corrected chi connectivity index (χ2v) is 6.65. The quantitative estimate of drug-likeness (QED) is 0.334. The predicted octanol–water partition coefficient (Wildman–Crippen LogP) is -1.05. The zero-order valence-corrected chi connectivity index (χ0v) is 12.4. The standard InChI is InChI=1S/C9H13N7O3S2/c10-5-7(17)16-6(9(18)19)4(1-20-8(5)16)2-21-15-3-14(11)12-13-15/h5,8H,1-3,10-11H2,(H,18,19)/t5-,8+/m1/s1. The van der Waals surface area contributed by atoms with E-state index in [9.17, 15) is 14.7 Å². The van der Waals surface area contributed by atoms with Gasteiger partial charge >= 0.3 is 5.97 Å². The number of amides is 1. The second-order valence-electron chi connectivity index (χ2n) is 4.58. The van der Waals surface area contributed by atoms with Gasteiger partial charge in [-0.1, -0.05) is 0 Å². The summed E-state index contributed by atoms with van der Waals surface area (Å²) in [5.74, 6) is 4.89. The highest BCUT2D eigenvalue weighted by molar-refractivity contribution is 8.00. The number of carbonyl (C=O) groups excluding carboxylic acids is 1. The summed E-state index contributed by atoms with van der Waals surface area (Å²) < 4.78 is 1.55. The summed E-state index contributed by atoms with van der Waals surface area (Å²) >= 11 is 2.77. The Bertz CT molecular complexity index is 553. The van der Waals surface area contributed by atoms with Gasteiger partial charge in [0.2, 0.25) is 5.91 Å². The number of fused-ring (bicyclic) bond motifs is 1.